The molecule has 0 radical (unpaired) electrons. The SMILES string of the molecule is CC1CCC(NC(=O)CN[C@H](C)c2ccc(Cl)cc2)CC1. The van der Waals surface area contributed by atoms with Crippen molar-refractivity contribution in [1.82, 2.24) is 10.6 Å². The highest BCUT2D eigenvalue weighted by atomic mass is 35.5. The van der Waals surface area contributed by atoms with Gasteiger partial charge in [0.15, 0.2) is 0 Å². The molecule has 1 fully saturated rings. The maximum absolute atomic E-state index is 12.0. The van der Waals surface area contributed by atoms with Gasteiger partial charge in [0.1, 0.15) is 0 Å². The smallest absolute Gasteiger partial charge is 0.234 e. The highest BCUT2D eigenvalue weighted by Gasteiger charge is 2.19. The Morgan fingerprint density at radius 2 is 1.86 bits per heavy atom. The summed E-state index contributed by atoms with van der Waals surface area (Å²) in [7, 11) is 0. The normalized spacial score (nSPS) is 23.6. The van der Waals surface area contributed by atoms with Gasteiger partial charge in [0.2, 0.25) is 5.91 Å². The Kier molecular flexibility index (Phi) is 6.07. The monoisotopic (exact) mass is 308 g/mol. The summed E-state index contributed by atoms with van der Waals surface area (Å²) in [5.41, 5.74) is 1.14. The van der Waals surface area contributed by atoms with Crippen LogP contribution in [0.5, 0.6) is 0 Å². The van der Waals surface area contributed by atoms with E-state index in [0.717, 1.165) is 29.3 Å². The fraction of sp³-hybridized carbons (Fsp3) is 0.588. The first-order valence-electron chi connectivity index (χ1n) is 7.83. The summed E-state index contributed by atoms with van der Waals surface area (Å²) in [5, 5.41) is 7.13. The van der Waals surface area contributed by atoms with Gasteiger partial charge in [-0.1, -0.05) is 30.7 Å². The van der Waals surface area contributed by atoms with Crippen LogP contribution in [0.1, 0.15) is 51.1 Å². The molecule has 1 aromatic carbocycles. The van der Waals surface area contributed by atoms with Gasteiger partial charge in [0, 0.05) is 17.1 Å². The highest BCUT2D eigenvalue weighted by Crippen LogP contribution is 2.23. The molecule has 4 heteroatoms. The van der Waals surface area contributed by atoms with Crippen molar-refractivity contribution < 1.29 is 4.79 Å². The number of hydrogen-bond acceptors (Lipinski definition) is 2. The van der Waals surface area contributed by atoms with Crippen LogP contribution in [0.4, 0.5) is 0 Å². The van der Waals surface area contributed by atoms with Crippen molar-refractivity contribution in [2.24, 2.45) is 5.92 Å². The number of nitrogens with one attached hydrogen (secondary N) is 2. The van der Waals surface area contributed by atoms with E-state index < -0.39 is 0 Å². The molecule has 0 heterocycles. The summed E-state index contributed by atoms with van der Waals surface area (Å²) in [6.07, 6.45) is 4.67. The molecule has 1 aromatic rings. The topological polar surface area (TPSA) is 41.1 Å². The molecule has 2 rings (SSSR count). The third-order valence-electron chi connectivity index (χ3n) is 4.32. The van der Waals surface area contributed by atoms with Crippen molar-refractivity contribution in [3.63, 3.8) is 0 Å². The molecule has 0 bridgehead atoms. The van der Waals surface area contributed by atoms with Gasteiger partial charge in [-0.05, 0) is 56.2 Å². The van der Waals surface area contributed by atoms with Crippen molar-refractivity contribution in [3.8, 4) is 0 Å². The number of carbonyl (C=O) groups excluding carboxylic acids is 1. The minimum atomic E-state index is 0.0929. The summed E-state index contributed by atoms with van der Waals surface area (Å²) in [6, 6.07) is 8.22. The van der Waals surface area contributed by atoms with Gasteiger partial charge in [-0.2, -0.15) is 0 Å². The van der Waals surface area contributed by atoms with E-state index in [1.807, 2.05) is 24.3 Å². The predicted molar refractivity (Wildman–Crippen MR) is 87.4 cm³/mol. The lowest BCUT2D eigenvalue weighted by Crippen LogP contribution is -2.42. The van der Waals surface area contributed by atoms with E-state index in [1.54, 1.807) is 0 Å². The Morgan fingerprint density at radius 3 is 2.48 bits per heavy atom. The second-order valence-electron chi connectivity index (χ2n) is 6.18. The lowest BCUT2D eigenvalue weighted by atomic mass is 9.87. The van der Waals surface area contributed by atoms with Crippen LogP contribution in [-0.2, 0) is 4.79 Å². The van der Waals surface area contributed by atoms with Crippen LogP contribution in [0, 0.1) is 5.92 Å². The number of rotatable bonds is 5. The van der Waals surface area contributed by atoms with Crippen molar-refractivity contribution >= 4 is 17.5 Å². The first-order chi connectivity index (χ1) is 10.0. The van der Waals surface area contributed by atoms with E-state index in [2.05, 4.69) is 24.5 Å². The number of carbonyl (C=O) groups is 1. The van der Waals surface area contributed by atoms with Gasteiger partial charge in [-0.15, -0.1) is 0 Å². The van der Waals surface area contributed by atoms with Crippen LogP contribution in [0.3, 0.4) is 0 Å². The standard InChI is InChI=1S/C17H25ClN2O/c1-12-3-9-16(10-4-12)20-17(21)11-19-13(2)14-5-7-15(18)8-6-14/h5-8,12-13,16,19H,3-4,9-11H2,1-2H3,(H,20,21)/t12?,13-,16?/m1/s1. The Hall–Kier alpha value is -1.06. The maximum Gasteiger partial charge on any atom is 0.234 e. The Bertz CT molecular complexity index is 452. The summed E-state index contributed by atoms with van der Waals surface area (Å²) < 4.78 is 0. The van der Waals surface area contributed by atoms with Crippen LogP contribution < -0.4 is 10.6 Å². The van der Waals surface area contributed by atoms with E-state index in [1.165, 1.54) is 12.8 Å². The van der Waals surface area contributed by atoms with Crippen LogP contribution >= 0.6 is 11.6 Å². The molecular weight excluding hydrogens is 284 g/mol. The number of benzene rings is 1. The average Bonchev–Trinajstić information content (AvgIpc) is 2.48. The molecule has 1 aliphatic rings. The molecule has 0 unspecified atom stereocenters. The quantitative estimate of drug-likeness (QED) is 0.871. The molecule has 2 N–H and O–H groups in total. The van der Waals surface area contributed by atoms with Crippen molar-refractivity contribution in [3.05, 3.63) is 34.9 Å². The van der Waals surface area contributed by atoms with Crippen LogP contribution in [-0.4, -0.2) is 18.5 Å². The van der Waals surface area contributed by atoms with Crippen molar-refractivity contribution in [2.75, 3.05) is 6.54 Å². The number of hydrogen-bond donors (Lipinski definition) is 2. The predicted octanol–water partition coefficient (Wildman–Crippen LogP) is 3.69. The van der Waals surface area contributed by atoms with E-state index in [0.29, 0.717) is 12.6 Å². The van der Waals surface area contributed by atoms with E-state index in [9.17, 15) is 4.79 Å². The lowest BCUT2D eigenvalue weighted by Gasteiger charge is -2.27. The molecule has 1 amide bonds. The molecular formula is C17H25ClN2O. The third-order valence-corrected chi connectivity index (χ3v) is 4.57. The zero-order valence-corrected chi connectivity index (χ0v) is 13.6. The molecule has 0 saturated heterocycles. The third kappa shape index (κ3) is 5.33. The largest absolute Gasteiger partial charge is 0.352 e. The van der Waals surface area contributed by atoms with Crippen molar-refractivity contribution in [2.45, 2.75) is 51.6 Å². The molecule has 1 atom stereocenters. The highest BCUT2D eigenvalue weighted by molar-refractivity contribution is 6.30. The lowest BCUT2D eigenvalue weighted by molar-refractivity contribution is -0.121. The summed E-state index contributed by atoms with van der Waals surface area (Å²) >= 11 is 5.88. The fourth-order valence-corrected chi connectivity index (χ4v) is 2.92. The van der Waals surface area contributed by atoms with Gasteiger partial charge in [-0.25, -0.2) is 0 Å². The molecule has 1 aliphatic carbocycles. The number of amides is 1. The molecule has 0 aliphatic heterocycles. The van der Waals surface area contributed by atoms with E-state index >= 15 is 0 Å². The second kappa shape index (κ2) is 7.81. The fourth-order valence-electron chi connectivity index (χ4n) is 2.80. The zero-order chi connectivity index (χ0) is 15.2. The molecule has 0 spiro atoms. The minimum absolute atomic E-state index is 0.0929. The second-order valence-corrected chi connectivity index (χ2v) is 6.61. The molecule has 21 heavy (non-hydrogen) atoms. The van der Waals surface area contributed by atoms with Gasteiger partial charge in [0.25, 0.3) is 0 Å². The van der Waals surface area contributed by atoms with Crippen molar-refractivity contribution in [1.29, 1.82) is 0 Å². The first-order valence-corrected chi connectivity index (χ1v) is 8.20. The maximum atomic E-state index is 12.0. The Labute approximate surface area is 132 Å². The average molecular weight is 309 g/mol. The van der Waals surface area contributed by atoms with Gasteiger partial charge >= 0.3 is 0 Å². The molecule has 0 aromatic heterocycles. The zero-order valence-electron chi connectivity index (χ0n) is 12.9. The van der Waals surface area contributed by atoms with Crippen LogP contribution in [0.15, 0.2) is 24.3 Å². The molecule has 116 valence electrons. The molecule has 3 nitrogen and oxygen atoms in total. The summed E-state index contributed by atoms with van der Waals surface area (Å²) in [4.78, 5) is 12.0. The summed E-state index contributed by atoms with van der Waals surface area (Å²) in [6.45, 7) is 4.70. The van der Waals surface area contributed by atoms with Gasteiger partial charge < -0.3 is 10.6 Å². The van der Waals surface area contributed by atoms with Gasteiger partial charge in [-0.3, -0.25) is 4.79 Å². The van der Waals surface area contributed by atoms with E-state index in [4.69, 9.17) is 11.6 Å². The van der Waals surface area contributed by atoms with Crippen LogP contribution in [0.2, 0.25) is 5.02 Å². The minimum Gasteiger partial charge on any atom is -0.352 e. The Morgan fingerprint density at radius 1 is 1.24 bits per heavy atom. The molecule has 1 saturated carbocycles. The van der Waals surface area contributed by atoms with Gasteiger partial charge in [0.05, 0.1) is 6.54 Å². The van der Waals surface area contributed by atoms with E-state index in [-0.39, 0.29) is 11.9 Å². The first kappa shape index (κ1) is 16.3. The Balaban J connectivity index is 1.72. The van der Waals surface area contributed by atoms with Crippen LogP contribution in [0.25, 0.3) is 0 Å². The number of halogens is 1. The summed E-state index contributed by atoms with van der Waals surface area (Å²) in [5.74, 6) is 0.900.